The number of hydrogen-bond donors (Lipinski definition) is 0. The van der Waals surface area contributed by atoms with Crippen LogP contribution in [0.1, 0.15) is 33.6 Å². The van der Waals surface area contributed by atoms with Crippen molar-refractivity contribution in [1.29, 1.82) is 0 Å². The van der Waals surface area contributed by atoms with Crippen LogP contribution in [0.5, 0.6) is 0 Å². The zero-order valence-corrected chi connectivity index (χ0v) is 11.9. The number of carbonyl (C=O) groups is 1. The summed E-state index contributed by atoms with van der Waals surface area (Å²) < 4.78 is 13.1. The Bertz CT molecular complexity index is 255. The van der Waals surface area contributed by atoms with Gasteiger partial charge in [-0.05, 0) is 12.8 Å². The molecule has 0 aromatic carbocycles. The Morgan fingerprint density at radius 1 is 1.11 bits per heavy atom. The summed E-state index contributed by atoms with van der Waals surface area (Å²) in [5.74, 6) is 0.149. The van der Waals surface area contributed by atoms with Crippen LogP contribution in [0.3, 0.4) is 0 Å². The minimum absolute atomic E-state index is 0.149. The van der Waals surface area contributed by atoms with E-state index in [1.165, 1.54) is 0 Å². The number of piperazine rings is 1. The van der Waals surface area contributed by atoms with Gasteiger partial charge in [0.25, 0.3) is 0 Å². The maximum absolute atomic E-state index is 13.1. The van der Waals surface area contributed by atoms with E-state index in [2.05, 4.69) is 4.90 Å². The number of halogens is 1. The van der Waals surface area contributed by atoms with Crippen LogP contribution in [0.15, 0.2) is 0 Å². The molecule has 1 unspecified atom stereocenters. The van der Waals surface area contributed by atoms with Gasteiger partial charge >= 0.3 is 0 Å². The highest BCUT2D eigenvalue weighted by Crippen LogP contribution is 2.17. The van der Waals surface area contributed by atoms with Crippen molar-refractivity contribution in [2.24, 2.45) is 0 Å². The minimum Gasteiger partial charge on any atom is -0.340 e. The van der Waals surface area contributed by atoms with Gasteiger partial charge < -0.3 is 4.90 Å². The Hall–Kier alpha value is -0.680. The summed E-state index contributed by atoms with van der Waals surface area (Å²) in [7, 11) is 0. The summed E-state index contributed by atoms with van der Waals surface area (Å²) in [4.78, 5) is 15.4. The van der Waals surface area contributed by atoms with Crippen LogP contribution in [-0.2, 0) is 4.79 Å². The quantitative estimate of drug-likeness (QED) is 0.668. The summed E-state index contributed by atoms with van der Waals surface area (Å²) in [5.41, 5.74) is 0. The number of hydrogen-bond acceptors (Lipinski definition) is 3. The first kappa shape index (κ1) is 15.4. The zero-order valence-electron chi connectivity index (χ0n) is 11.9. The molecule has 0 radical (unpaired) electrons. The largest absolute Gasteiger partial charge is 0.340 e. The molecule has 2 aliphatic rings. The summed E-state index contributed by atoms with van der Waals surface area (Å²) in [6.45, 7) is 10.1. The molecular weight excluding hydrogens is 233 g/mol. The third kappa shape index (κ3) is 4.21. The number of amides is 1. The SMILES string of the molecule is CC.CC(=O)N1CCN(C2CCCN(F)C2)CC1. The second-order valence-electron chi connectivity index (χ2n) is 4.71. The average Bonchev–Trinajstić information content (AvgIpc) is 2.41. The predicted octanol–water partition coefficient (Wildman–Crippen LogP) is 1.53. The minimum atomic E-state index is 0.149. The smallest absolute Gasteiger partial charge is 0.219 e. The second-order valence-corrected chi connectivity index (χ2v) is 4.71. The van der Waals surface area contributed by atoms with Gasteiger partial charge in [-0.25, -0.2) is 0 Å². The fourth-order valence-corrected chi connectivity index (χ4v) is 2.61. The molecule has 0 aromatic rings. The van der Waals surface area contributed by atoms with Crippen molar-refractivity contribution in [2.45, 2.75) is 39.7 Å². The van der Waals surface area contributed by atoms with E-state index in [9.17, 15) is 9.28 Å². The first-order valence-electron chi connectivity index (χ1n) is 7.07. The Balaban J connectivity index is 0.000000771. The summed E-state index contributed by atoms with van der Waals surface area (Å²) in [5, 5.41) is 0.922. The summed E-state index contributed by atoms with van der Waals surface area (Å²) in [6, 6.07) is 0.341. The van der Waals surface area contributed by atoms with Gasteiger partial charge in [0.15, 0.2) is 0 Å². The van der Waals surface area contributed by atoms with E-state index >= 15 is 0 Å². The van der Waals surface area contributed by atoms with Gasteiger partial charge in [-0.1, -0.05) is 13.8 Å². The highest BCUT2D eigenvalue weighted by molar-refractivity contribution is 5.73. The molecule has 2 aliphatic heterocycles. The van der Waals surface area contributed by atoms with Crippen LogP contribution in [0.25, 0.3) is 0 Å². The number of piperidine rings is 1. The van der Waals surface area contributed by atoms with Crippen molar-refractivity contribution in [3.05, 3.63) is 0 Å². The highest BCUT2D eigenvalue weighted by atomic mass is 19.2. The van der Waals surface area contributed by atoms with Crippen molar-refractivity contribution in [2.75, 3.05) is 39.3 Å². The molecule has 0 aromatic heterocycles. The predicted molar refractivity (Wildman–Crippen MR) is 70.9 cm³/mol. The fraction of sp³-hybridized carbons (Fsp3) is 0.923. The van der Waals surface area contributed by atoms with E-state index in [0.29, 0.717) is 19.1 Å². The van der Waals surface area contributed by atoms with Crippen molar-refractivity contribution >= 4 is 5.91 Å². The van der Waals surface area contributed by atoms with E-state index < -0.39 is 0 Å². The van der Waals surface area contributed by atoms with E-state index in [-0.39, 0.29) is 5.91 Å². The maximum atomic E-state index is 13.1. The van der Waals surface area contributed by atoms with Gasteiger partial charge in [-0.2, -0.15) is 0 Å². The summed E-state index contributed by atoms with van der Waals surface area (Å²) >= 11 is 0. The highest BCUT2D eigenvalue weighted by Gasteiger charge is 2.28. The number of nitrogens with zero attached hydrogens (tertiary/aromatic N) is 3. The first-order valence-corrected chi connectivity index (χ1v) is 7.07. The lowest BCUT2D eigenvalue weighted by atomic mass is 10.0. The monoisotopic (exact) mass is 259 g/mol. The van der Waals surface area contributed by atoms with Crippen molar-refractivity contribution in [1.82, 2.24) is 14.9 Å². The zero-order chi connectivity index (χ0) is 13.5. The van der Waals surface area contributed by atoms with Gasteiger partial charge in [0.05, 0.1) is 0 Å². The van der Waals surface area contributed by atoms with Gasteiger partial charge in [-0.3, -0.25) is 9.69 Å². The van der Waals surface area contributed by atoms with Crippen molar-refractivity contribution < 1.29 is 9.28 Å². The van der Waals surface area contributed by atoms with E-state index in [0.717, 1.165) is 44.1 Å². The Morgan fingerprint density at radius 2 is 1.72 bits per heavy atom. The molecule has 0 bridgehead atoms. The van der Waals surface area contributed by atoms with Gasteiger partial charge in [0.2, 0.25) is 5.91 Å². The lowest BCUT2D eigenvalue weighted by molar-refractivity contribution is -0.131. The third-order valence-corrected chi connectivity index (χ3v) is 3.62. The van der Waals surface area contributed by atoms with Crippen molar-refractivity contribution in [3.63, 3.8) is 0 Å². The molecule has 0 N–H and O–H groups in total. The van der Waals surface area contributed by atoms with E-state index in [4.69, 9.17) is 0 Å². The van der Waals surface area contributed by atoms with Crippen LogP contribution in [-0.4, -0.2) is 66.1 Å². The van der Waals surface area contributed by atoms with Crippen LogP contribution in [0.2, 0.25) is 0 Å². The third-order valence-electron chi connectivity index (χ3n) is 3.62. The Kier molecular flexibility index (Phi) is 6.57. The lowest BCUT2D eigenvalue weighted by Crippen LogP contribution is -2.54. The van der Waals surface area contributed by atoms with E-state index in [1.807, 2.05) is 18.7 Å². The molecule has 4 nitrogen and oxygen atoms in total. The fourth-order valence-electron chi connectivity index (χ4n) is 2.61. The molecule has 2 fully saturated rings. The van der Waals surface area contributed by atoms with Crippen LogP contribution in [0, 0.1) is 0 Å². The molecular formula is C13H26FN3O. The van der Waals surface area contributed by atoms with E-state index in [1.54, 1.807) is 6.92 Å². The second kappa shape index (κ2) is 7.69. The number of carbonyl (C=O) groups excluding carboxylic acids is 1. The molecule has 0 aliphatic carbocycles. The molecule has 2 heterocycles. The molecule has 5 heteroatoms. The van der Waals surface area contributed by atoms with Gasteiger partial charge in [0.1, 0.15) is 0 Å². The van der Waals surface area contributed by atoms with Gasteiger partial charge in [-0.15, -0.1) is 9.60 Å². The first-order chi connectivity index (χ1) is 8.66. The van der Waals surface area contributed by atoms with Crippen molar-refractivity contribution in [3.8, 4) is 0 Å². The number of rotatable bonds is 1. The normalized spacial score (nSPS) is 26.4. The van der Waals surface area contributed by atoms with Crippen LogP contribution < -0.4 is 0 Å². The Labute approximate surface area is 110 Å². The summed E-state index contributed by atoms with van der Waals surface area (Å²) in [6.07, 6.45) is 2.02. The average molecular weight is 259 g/mol. The topological polar surface area (TPSA) is 26.8 Å². The molecule has 2 rings (SSSR count). The Morgan fingerprint density at radius 3 is 2.22 bits per heavy atom. The van der Waals surface area contributed by atoms with Gasteiger partial charge in [0, 0.05) is 52.2 Å². The molecule has 2 saturated heterocycles. The molecule has 18 heavy (non-hydrogen) atoms. The standard InChI is InChI=1S/C11H20FN3O.C2H6/c1-10(16)13-5-7-14(8-6-13)11-3-2-4-15(12)9-11;1-2/h11H,2-9H2,1H3;1-2H3. The maximum Gasteiger partial charge on any atom is 0.219 e. The molecule has 0 spiro atoms. The molecule has 1 atom stereocenters. The van der Waals surface area contributed by atoms with Crippen LogP contribution >= 0.6 is 0 Å². The van der Waals surface area contributed by atoms with Crippen LogP contribution in [0.4, 0.5) is 4.48 Å². The lowest BCUT2D eigenvalue weighted by Gasteiger charge is -2.41. The molecule has 106 valence electrons. The molecule has 0 saturated carbocycles. The molecule has 1 amide bonds.